The number of nitrogens with zero attached hydrogens (tertiary/aromatic N) is 1. The maximum atomic E-state index is 3.63. The Bertz CT molecular complexity index is 188. The third-order valence-electron chi connectivity index (χ3n) is 4.22. The summed E-state index contributed by atoms with van der Waals surface area (Å²) in [6.45, 7) is 11.1. The number of hydrogen-bond donors (Lipinski definition) is 1. The van der Waals surface area contributed by atoms with Crippen LogP contribution in [-0.4, -0.2) is 37.6 Å². The fourth-order valence-corrected chi connectivity index (χ4v) is 3.03. The Morgan fingerprint density at radius 2 is 1.58 bits per heavy atom. The van der Waals surface area contributed by atoms with E-state index in [1.54, 1.807) is 0 Å². The van der Waals surface area contributed by atoms with E-state index in [0.717, 1.165) is 5.92 Å². The van der Waals surface area contributed by atoms with E-state index >= 15 is 0 Å². The topological polar surface area (TPSA) is 15.3 Å². The van der Waals surface area contributed by atoms with Crippen LogP contribution in [0.1, 0.15) is 71.6 Å². The van der Waals surface area contributed by atoms with Gasteiger partial charge >= 0.3 is 0 Å². The molecule has 1 saturated heterocycles. The van der Waals surface area contributed by atoms with Gasteiger partial charge in [0.15, 0.2) is 0 Å². The van der Waals surface area contributed by atoms with Crippen molar-refractivity contribution in [2.24, 2.45) is 5.92 Å². The van der Waals surface area contributed by atoms with Crippen LogP contribution in [0.4, 0.5) is 0 Å². The summed E-state index contributed by atoms with van der Waals surface area (Å²) in [6, 6.07) is 0. The third-order valence-corrected chi connectivity index (χ3v) is 4.22. The lowest BCUT2D eigenvalue weighted by Gasteiger charge is -2.20. The first-order chi connectivity index (χ1) is 9.33. The van der Waals surface area contributed by atoms with Crippen molar-refractivity contribution in [3.05, 3.63) is 0 Å². The quantitative estimate of drug-likeness (QED) is 0.537. The monoisotopic (exact) mass is 268 g/mol. The molecule has 1 aliphatic heterocycles. The van der Waals surface area contributed by atoms with Gasteiger partial charge in [0.25, 0.3) is 0 Å². The minimum absolute atomic E-state index is 0.808. The molecule has 0 spiro atoms. The fourth-order valence-electron chi connectivity index (χ4n) is 3.03. The molecule has 0 radical (unpaired) electrons. The normalized spacial score (nSPS) is 18.0. The van der Waals surface area contributed by atoms with Gasteiger partial charge in [-0.3, -0.25) is 0 Å². The lowest BCUT2D eigenvalue weighted by molar-refractivity contribution is 0.282. The average molecular weight is 268 g/mol. The number of unbranched alkanes of at least 4 members (excludes halogenated alkanes) is 6. The van der Waals surface area contributed by atoms with Crippen LogP contribution in [0.5, 0.6) is 0 Å². The van der Waals surface area contributed by atoms with Crippen molar-refractivity contribution < 1.29 is 0 Å². The molecule has 0 aromatic carbocycles. The van der Waals surface area contributed by atoms with E-state index in [1.165, 1.54) is 90.5 Å². The Hall–Kier alpha value is -0.0800. The molecule has 0 aromatic rings. The number of hydrogen-bond acceptors (Lipinski definition) is 2. The molecule has 2 heteroatoms. The zero-order chi connectivity index (χ0) is 13.8. The predicted molar refractivity (Wildman–Crippen MR) is 85.7 cm³/mol. The SMILES string of the molecule is CCCCCCCCCNCC(C)CN1CCCC1. The van der Waals surface area contributed by atoms with Gasteiger partial charge in [-0.2, -0.15) is 0 Å². The van der Waals surface area contributed by atoms with Crippen LogP contribution in [0.2, 0.25) is 0 Å². The van der Waals surface area contributed by atoms with E-state index in [9.17, 15) is 0 Å². The lowest BCUT2D eigenvalue weighted by atomic mass is 10.1. The van der Waals surface area contributed by atoms with Gasteiger partial charge in [0.1, 0.15) is 0 Å². The molecule has 1 heterocycles. The summed E-state index contributed by atoms with van der Waals surface area (Å²) in [7, 11) is 0. The van der Waals surface area contributed by atoms with E-state index < -0.39 is 0 Å². The minimum Gasteiger partial charge on any atom is -0.316 e. The summed E-state index contributed by atoms with van der Waals surface area (Å²) in [5.41, 5.74) is 0. The Morgan fingerprint density at radius 1 is 0.947 bits per heavy atom. The Balaban J connectivity index is 1.79. The molecular weight excluding hydrogens is 232 g/mol. The molecule has 114 valence electrons. The zero-order valence-electron chi connectivity index (χ0n) is 13.4. The maximum Gasteiger partial charge on any atom is 0.00191 e. The summed E-state index contributed by atoms with van der Waals surface area (Å²) in [5.74, 6) is 0.808. The highest BCUT2D eigenvalue weighted by Crippen LogP contribution is 2.10. The Kier molecular flexibility index (Phi) is 10.5. The van der Waals surface area contributed by atoms with Gasteiger partial charge in [-0.25, -0.2) is 0 Å². The molecule has 1 unspecified atom stereocenters. The highest BCUT2D eigenvalue weighted by molar-refractivity contribution is 4.70. The molecule has 0 aliphatic carbocycles. The van der Waals surface area contributed by atoms with Crippen molar-refractivity contribution in [1.29, 1.82) is 0 Å². The first-order valence-electron chi connectivity index (χ1n) is 8.76. The van der Waals surface area contributed by atoms with Gasteiger partial charge < -0.3 is 10.2 Å². The van der Waals surface area contributed by atoms with Gasteiger partial charge in [-0.05, 0) is 51.4 Å². The second kappa shape index (κ2) is 11.7. The van der Waals surface area contributed by atoms with Crippen LogP contribution in [-0.2, 0) is 0 Å². The van der Waals surface area contributed by atoms with E-state index in [4.69, 9.17) is 0 Å². The highest BCUT2D eigenvalue weighted by Gasteiger charge is 2.13. The second-order valence-electron chi connectivity index (χ2n) is 6.44. The molecule has 0 aromatic heterocycles. The first kappa shape index (κ1) is 17.0. The summed E-state index contributed by atoms with van der Waals surface area (Å²) < 4.78 is 0. The van der Waals surface area contributed by atoms with Gasteiger partial charge in [-0.15, -0.1) is 0 Å². The van der Waals surface area contributed by atoms with Gasteiger partial charge in [0.2, 0.25) is 0 Å². The first-order valence-corrected chi connectivity index (χ1v) is 8.76. The molecule has 0 bridgehead atoms. The number of nitrogens with one attached hydrogen (secondary N) is 1. The molecule has 19 heavy (non-hydrogen) atoms. The molecule has 2 nitrogen and oxygen atoms in total. The standard InChI is InChI=1S/C17H36N2/c1-3-4-5-6-7-8-9-12-18-15-17(2)16-19-13-10-11-14-19/h17-18H,3-16H2,1-2H3. The van der Waals surface area contributed by atoms with Crippen molar-refractivity contribution in [2.45, 2.75) is 71.6 Å². The molecule has 0 saturated carbocycles. The molecule has 1 rings (SSSR count). The highest BCUT2D eigenvalue weighted by atomic mass is 15.1. The zero-order valence-corrected chi connectivity index (χ0v) is 13.4. The average Bonchev–Trinajstić information content (AvgIpc) is 2.89. The molecule has 1 aliphatic rings. The smallest absolute Gasteiger partial charge is 0.00191 e. The predicted octanol–water partition coefficient (Wildman–Crippen LogP) is 4.06. The Labute approximate surface area is 121 Å². The molecule has 0 amide bonds. The van der Waals surface area contributed by atoms with Crippen LogP contribution in [0.15, 0.2) is 0 Å². The Morgan fingerprint density at radius 3 is 2.26 bits per heavy atom. The largest absolute Gasteiger partial charge is 0.316 e. The van der Waals surface area contributed by atoms with E-state index in [2.05, 4.69) is 24.1 Å². The molecule has 1 N–H and O–H groups in total. The summed E-state index contributed by atoms with van der Waals surface area (Å²) in [6.07, 6.45) is 12.7. The van der Waals surface area contributed by atoms with Crippen molar-refractivity contribution >= 4 is 0 Å². The van der Waals surface area contributed by atoms with E-state index in [1.807, 2.05) is 0 Å². The van der Waals surface area contributed by atoms with Gasteiger partial charge in [0.05, 0.1) is 0 Å². The van der Waals surface area contributed by atoms with E-state index in [-0.39, 0.29) is 0 Å². The number of rotatable bonds is 12. The van der Waals surface area contributed by atoms with Crippen LogP contribution >= 0.6 is 0 Å². The molecule has 1 atom stereocenters. The van der Waals surface area contributed by atoms with Crippen LogP contribution < -0.4 is 5.32 Å². The van der Waals surface area contributed by atoms with Crippen molar-refractivity contribution in [1.82, 2.24) is 10.2 Å². The van der Waals surface area contributed by atoms with Crippen LogP contribution in [0, 0.1) is 5.92 Å². The third kappa shape index (κ3) is 9.45. The fraction of sp³-hybridized carbons (Fsp3) is 1.00. The number of likely N-dealkylation sites (tertiary alicyclic amines) is 1. The second-order valence-corrected chi connectivity index (χ2v) is 6.44. The molecule has 1 fully saturated rings. The van der Waals surface area contributed by atoms with Crippen molar-refractivity contribution in [3.8, 4) is 0 Å². The van der Waals surface area contributed by atoms with Crippen LogP contribution in [0.3, 0.4) is 0 Å². The van der Waals surface area contributed by atoms with Crippen molar-refractivity contribution in [3.63, 3.8) is 0 Å². The van der Waals surface area contributed by atoms with Crippen LogP contribution in [0.25, 0.3) is 0 Å². The summed E-state index contributed by atoms with van der Waals surface area (Å²) >= 11 is 0. The van der Waals surface area contributed by atoms with Gasteiger partial charge in [-0.1, -0.05) is 52.4 Å². The van der Waals surface area contributed by atoms with E-state index in [0.29, 0.717) is 0 Å². The van der Waals surface area contributed by atoms with Crippen molar-refractivity contribution in [2.75, 3.05) is 32.7 Å². The van der Waals surface area contributed by atoms with Gasteiger partial charge in [0, 0.05) is 6.54 Å². The summed E-state index contributed by atoms with van der Waals surface area (Å²) in [5, 5.41) is 3.63. The lowest BCUT2D eigenvalue weighted by Crippen LogP contribution is -2.32. The molecular formula is C17H36N2. The maximum absolute atomic E-state index is 3.63. The summed E-state index contributed by atoms with van der Waals surface area (Å²) in [4.78, 5) is 2.63. The minimum atomic E-state index is 0.808.